The van der Waals surface area contributed by atoms with Crippen LogP contribution in [-0.4, -0.2) is 4.98 Å². The first-order chi connectivity index (χ1) is 22.8. The molecule has 1 aromatic heterocycles. The number of para-hydroxylation sites is 5. The molecule has 216 valence electrons. The van der Waals surface area contributed by atoms with Crippen LogP contribution in [0.15, 0.2) is 152 Å². The topological polar surface area (TPSA) is 19.4 Å². The van der Waals surface area contributed by atoms with Crippen molar-refractivity contribution in [3.05, 3.63) is 174 Å². The first-order valence-electron chi connectivity index (χ1n) is 16.0. The molecule has 0 amide bonds. The summed E-state index contributed by atoms with van der Waals surface area (Å²) in [5.74, 6) is 0. The molecule has 0 radical (unpaired) electrons. The van der Waals surface area contributed by atoms with Crippen LogP contribution in [-0.2, 0) is 12.8 Å². The Morgan fingerprint density at radius 2 is 0.761 bits per heavy atom. The number of hydrogen-bond donors (Lipinski definition) is 0. The largest absolute Gasteiger partial charge is 0.309 e. The van der Waals surface area contributed by atoms with Gasteiger partial charge in [0.05, 0.1) is 16.9 Å². The molecule has 0 bridgehead atoms. The van der Waals surface area contributed by atoms with Gasteiger partial charge >= 0.3 is 0 Å². The van der Waals surface area contributed by atoms with Gasteiger partial charge in [-0.3, -0.25) is 4.98 Å². The molecule has 3 heteroatoms. The molecule has 0 aliphatic carbocycles. The second-order valence-corrected chi connectivity index (χ2v) is 12.3. The summed E-state index contributed by atoms with van der Waals surface area (Å²) in [6.07, 6.45) is 3.95. The Kier molecular flexibility index (Phi) is 5.40. The Morgan fingerprint density at radius 1 is 0.370 bits per heavy atom. The third-order valence-corrected chi connectivity index (χ3v) is 9.84. The van der Waals surface area contributed by atoms with Gasteiger partial charge in [0.15, 0.2) is 0 Å². The average Bonchev–Trinajstić information content (AvgIpc) is 3.12. The number of nitrogens with zero attached hydrogens (tertiary/aromatic N) is 3. The standard InChI is InChI=1S/C43H29N3/c1-9-21-37-28(13-1)25-29-14-2-10-22-38(29)45(37)42-32-17-5-6-18-33(32)43(41-34-19-7-8-20-36(34)44-27-35(41)42)46-39-23-11-3-15-30(39)26-31-16-4-12-24-40(31)46/h1-24,27H,25-26H2. The maximum absolute atomic E-state index is 5.11. The first kappa shape index (κ1) is 25.4. The van der Waals surface area contributed by atoms with Gasteiger partial charge in [-0.1, -0.05) is 115 Å². The Bertz CT molecular complexity index is 2420. The van der Waals surface area contributed by atoms with Gasteiger partial charge in [-0.15, -0.1) is 0 Å². The molecule has 10 rings (SSSR count). The zero-order valence-corrected chi connectivity index (χ0v) is 25.2. The molecule has 8 aromatic rings. The summed E-state index contributed by atoms with van der Waals surface area (Å²) in [6.45, 7) is 0. The molecule has 2 aliphatic heterocycles. The van der Waals surface area contributed by atoms with E-state index in [9.17, 15) is 0 Å². The molecule has 0 spiro atoms. The summed E-state index contributed by atoms with van der Waals surface area (Å²) in [4.78, 5) is 10.1. The molecule has 0 unspecified atom stereocenters. The van der Waals surface area contributed by atoms with Crippen molar-refractivity contribution in [3.63, 3.8) is 0 Å². The van der Waals surface area contributed by atoms with Crippen LogP contribution < -0.4 is 9.80 Å². The highest BCUT2D eigenvalue weighted by Gasteiger charge is 2.32. The van der Waals surface area contributed by atoms with Gasteiger partial charge in [-0.2, -0.15) is 0 Å². The zero-order chi connectivity index (χ0) is 30.2. The van der Waals surface area contributed by atoms with Crippen molar-refractivity contribution in [2.45, 2.75) is 12.8 Å². The van der Waals surface area contributed by atoms with Crippen LogP contribution in [0.3, 0.4) is 0 Å². The predicted octanol–water partition coefficient (Wildman–Crippen LogP) is 11.3. The fraction of sp³-hybridized carbons (Fsp3) is 0.0465. The number of pyridine rings is 1. The average molecular weight is 588 g/mol. The third-order valence-electron chi connectivity index (χ3n) is 9.84. The molecule has 0 saturated heterocycles. The lowest BCUT2D eigenvalue weighted by molar-refractivity contribution is 1.09. The van der Waals surface area contributed by atoms with Crippen LogP contribution in [0.25, 0.3) is 32.4 Å². The summed E-state index contributed by atoms with van der Waals surface area (Å²) >= 11 is 0. The fourth-order valence-electron chi connectivity index (χ4n) is 7.89. The lowest BCUT2D eigenvalue weighted by atomic mass is 9.89. The SMILES string of the molecule is c1ccc2c(c1)Cc1ccccc1N2c1c2ccccc2c(N2c3ccccc3Cc3ccccc32)c2c1cnc1ccccc12. The van der Waals surface area contributed by atoms with Crippen molar-refractivity contribution >= 4 is 66.6 Å². The zero-order valence-electron chi connectivity index (χ0n) is 25.2. The van der Waals surface area contributed by atoms with Gasteiger partial charge < -0.3 is 9.80 Å². The minimum atomic E-state index is 0.916. The lowest BCUT2D eigenvalue weighted by Gasteiger charge is -2.38. The van der Waals surface area contributed by atoms with Crippen molar-refractivity contribution in [2.75, 3.05) is 9.80 Å². The van der Waals surface area contributed by atoms with Crippen molar-refractivity contribution in [1.82, 2.24) is 4.98 Å². The van der Waals surface area contributed by atoms with E-state index in [0.29, 0.717) is 0 Å². The summed E-state index contributed by atoms with van der Waals surface area (Å²) in [5, 5.41) is 5.93. The highest BCUT2D eigenvalue weighted by molar-refractivity contribution is 6.29. The van der Waals surface area contributed by atoms with E-state index >= 15 is 0 Å². The van der Waals surface area contributed by atoms with Crippen LogP contribution in [0.1, 0.15) is 22.3 Å². The molecular formula is C43H29N3. The lowest BCUT2D eigenvalue weighted by Crippen LogP contribution is -2.21. The Labute approximate surface area is 267 Å². The van der Waals surface area contributed by atoms with Crippen LogP contribution >= 0.6 is 0 Å². The minimum Gasteiger partial charge on any atom is -0.309 e. The Balaban J connectivity index is 1.42. The van der Waals surface area contributed by atoms with E-state index in [1.807, 2.05) is 0 Å². The summed E-state index contributed by atoms with van der Waals surface area (Å²) in [7, 11) is 0. The van der Waals surface area contributed by atoms with E-state index in [0.717, 1.165) is 29.1 Å². The van der Waals surface area contributed by atoms with Gasteiger partial charge in [0.25, 0.3) is 0 Å². The maximum atomic E-state index is 5.11. The quantitative estimate of drug-likeness (QED) is 0.148. The minimum absolute atomic E-state index is 0.916. The van der Waals surface area contributed by atoms with Crippen molar-refractivity contribution in [2.24, 2.45) is 0 Å². The smallest absolute Gasteiger partial charge is 0.0709 e. The number of hydrogen-bond acceptors (Lipinski definition) is 3. The van der Waals surface area contributed by atoms with Crippen molar-refractivity contribution in [1.29, 1.82) is 0 Å². The van der Waals surface area contributed by atoms with E-state index in [4.69, 9.17) is 4.98 Å². The Morgan fingerprint density at radius 3 is 1.28 bits per heavy atom. The summed E-state index contributed by atoms with van der Waals surface area (Å²) in [5.41, 5.74) is 13.6. The van der Waals surface area contributed by atoms with Crippen LogP contribution in [0.2, 0.25) is 0 Å². The normalized spacial score (nSPS) is 13.4. The molecule has 0 N–H and O–H groups in total. The highest BCUT2D eigenvalue weighted by Crippen LogP contribution is 2.55. The van der Waals surface area contributed by atoms with E-state index in [2.05, 4.69) is 162 Å². The van der Waals surface area contributed by atoms with Crippen LogP contribution in [0.5, 0.6) is 0 Å². The molecule has 3 heterocycles. The molecule has 0 atom stereocenters. The monoisotopic (exact) mass is 587 g/mol. The molecule has 7 aromatic carbocycles. The first-order valence-corrected chi connectivity index (χ1v) is 16.0. The summed E-state index contributed by atoms with van der Waals surface area (Å²) in [6, 6.07) is 53.1. The van der Waals surface area contributed by atoms with Gasteiger partial charge in [0.2, 0.25) is 0 Å². The molecule has 2 aliphatic rings. The predicted molar refractivity (Wildman–Crippen MR) is 192 cm³/mol. The van der Waals surface area contributed by atoms with Crippen LogP contribution in [0.4, 0.5) is 34.1 Å². The van der Waals surface area contributed by atoms with Gasteiger partial charge in [-0.05, 0) is 52.6 Å². The number of anilines is 6. The molecule has 46 heavy (non-hydrogen) atoms. The number of aromatic nitrogens is 1. The molecule has 3 nitrogen and oxygen atoms in total. The van der Waals surface area contributed by atoms with E-state index < -0.39 is 0 Å². The molecular weight excluding hydrogens is 558 g/mol. The van der Waals surface area contributed by atoms with E-state index in [1.165, 1.54) is 72.5 Å². The number of benzene rings is 7. The highest BCUT2D eigenvalue weighted by atomic mass is 15.2. The van der Waals surface area contributed by atoms with Gasteiger partial charge in [0.1, 0.15) is 0 Å². The Hall–Kier alpha value is -5.93. The van der Waals surface area contributed by atoms with E-state index in [1.54, 1.807) is 0 Å². The van der Waals surface area contributed by atoms with Crippen LogP contribution in [0, 0.1) is 0 Å². The van der Waals surface area contributed by atoms with E-state index in [-0.39, 0.29) is 0 Å². The van der Waals surface area contributed by atoms with Crippen molar-refractivity contribution < 1.29 is 0 Å². The maximum Gasteiger partial charge on any atom is 0.0709 e. The molecule has 0 saturated carbocycles. The fourth-order valence-corrected chi connectivity index (χ4v) is 7.89. The van der Waals surface area contributed by atoms with Gasteiger partial charge in [-0.25, -0.2) is 0 Å². The third kappa shape index (κ3) is 3.57. The van der Waals surface area contributed by atoms with Gasteiger partial charge in [0, 0.05) is 68.7 Å². The molecule has 0 fully saturated rings. The van der Waals surface area contributed by atoms with Crippen molar-refractivity contribution in [3.8, 4) is 0 Å². The number of rotatable bonds is 2. The second kappa shape index (κ2) is 9.79. The second-order valence-electron chi connectivity index (χ2n) is 12.3. The summed E-state index contributed by atoms with van der Waals surface area (Å²) < 4.78 is 0. The number of fused-ring (bicyclic) bond motifs is 8.